The molecular weight excluding hydrogens is 386 g/mol. The van der Waals surface area contributed by atoms with E-state index >= 15 is 0 Å². The minimum atomic E-state index is -0.561. The van der Waals surface area contributed by atoms with Gasteiger partial charge in [-0.2, -0.15) is 0 Å². The van der Waals surface area contributed by atoms with Gasteiger partial charge in [0, 0.05) is 6.54 Å². The van der Waals surface area contributed by atoms with E-state index in [1.807, 2.05) is 6.07 Å². The third-order valence-corrected chi connectivity index (χ3v) is 4.38. The summed E-state index contributed by atoms with van der Waals surface area (Å²) in [5, 5.41) is 2.70. The first-order valence-electron chi connectivity index (χ1n) is 9.95. The normalized spacial score (nSPS) is 10.2. The van der Waals surface area contributed by atoms with Gasteiger partial charge in [0.1, 0.15) is 5.75 Å². The number of rotatable bonds is 12. The zero-order valence-electron chi connectivity index (χ0n) is 17.7. The van der Waals surface area contributed by atoms with Gasteiger partial charge in [0.15, 0.2) is 18.1 Å². The fourth-order valence-corrected chi connectivity index (χ4v) is 2.69. The number of ether oxygens (including phenoxy) is 4. The van der Waals surface area contributed by atoms with E-state index in [0.717, 1.165) is 24.8 Å². The Morgan fingerprint density at radius 2 is 1.67 bits per heavy atom. The van der Waals surface area contributed by atoms with Crippen LogP contribution in [-0.2, 0) is 16.1 Å². The van der Waals surface area contributed by atoms with Crippen molar-refractivity contribution in [2.75, 3.05) is 27.4 Å². The van der Waals surface area contributed by atoms with E-state index in [4.69, 9.17) is 18.9 Å². The smallest absolute Gasteiger partial charge is 0.338 e. The van der Waals surface area contributed by atoms with Crippen LogP contribution < -0.4 is 19.5 Å². The van der Waals surface area contributed by atoms with Gasteiger partial charge in [-0.05, 0) is 48.4 Å². The van der Waals surface area contributed by atoms with Gasteiger partial charge in [0.05, 0.1) is 26.4 Å². The molecule has 0 atom stereocenters. The molecule has 0 bridgehead atoms. The van der Waals surface area contributed by atoms with Crippen molar-refractivity contribution in [3.05, 3.63) is 53.6 Å². The molecule has 7 nitrogen and oxygen atoms in total. The Hall–Kier alpha value is -3.22. The lowest BCUT2D eigenvalue weighted by Gasteiger charge is -2.11. The second kappa shape index (κ2) is 12.4. The van der Waals surface area contributed by atoms with Crippen molar-refractivity contribution in [1.82, 2.24) is 5.32 Å². The third kappa shape index (κ3) is 7.31. The standard InChI is InChI=1S/C23H29NO6/c1-4-5-6-13-29-19-10-8-18(9-11-19)23(26)30-16-22(25)24-15-17-7-12-20(27-2)21(14-17)28-3/h7-12,14H,4-6,13,15-16H2,1-3H3,(H,24,25). The Morgan fingerprint density at radius 3 is 2.33 bits per heavy atom. The van der Waals surface area contributed by atoms with Crippen molar-refractivity contribution in [3.63, 3.8) is 0 Å². The van der Waals surface area contributed by atoms with Gasteiger partial charge in [0.2, 0.25) is 0 Å². The average Bonchev–Trinajstić information content (AvgIpc) is 2.79. The molecule has 2 aromatic carbocycles. The van der Waals surface area contributed by atoms with E-state index in [1.54, 1.807) is 50.6 Å². The zero-order valence-corrected chi connectivity index (χ0v) is 17.7. The fourth-order valence-electron chi connectivity index (χ4n) is 2.69. The number of carbonyl (C=O) groups is 2. The number of amides is 1. The molecule has 0 fully saturated rings. The molecule has 0 spiro atoms. The van der Waals surface area contributed by atoms with Crippen molar-refractivity contribution >= 4 is 11.9 Å². The lowest BCUT2D eigenvalue weighted by Crippen LogP contribution is -2.28. The fraction of sp³-hybridized carbons (Fsp3) is 0.391. The quantitative estimate of drug-likeness (QED) is 0.420. The average molecular weight is 415 g/mol. The monoisotopic (exact) mass is 415 g/mol. The number of carbonyl (C=O) groups excluding carboxylic acids is 2. The number of esters is 1. The maximum atomic E-state index is 12.1. The molecule has 0 heterocycles. The Morgan fingerprint density at radius 1 is 0.933 bits per heavy atom. The number of nitrogens with one attached hydrogen (secondary N) is 1. The van der Waals surface area contributed by atoms with Crippen molar-refractivity contribution < 1.29 is 28.5 Å². The third-order valence-electron chi connectivity index (χ3n) is 4.38. The van der Waals surface area contributed by atoms with Gasteiger partial charge in [-0.15, -0.1) is 0 Å². The minimum Gasteiger partial charge on any atom is -0.494 e. The Bertz CT molecular complexity index is 819. The number of hydrogen-bond acceptors (Lipinski definition) is 6. The zero-order chi connectivity index (χ0) is 21.8. The highest BCUT2D eigenvalue weighted by atomic mass is 16.5. The second-order valence-corrected chi connectivity index (χ2v) is 6.62. The van der Waals surface area contributed by atoms with Crippen LogP contribution in [-0.4, -0.2) is 39.3 Å². The summed E-state index contributed by atoms with van der Waals surface area (Å²) in [4.78, 5) is 24.1. The molecule has 0 aliphatic carbocycles. The number of methoxy groups -OCH3 is 2. The van der Waals surface area contributed by atoms with Crippen molar-refractivity contribution in [2.45, 2.75) is 32.7 Å². The predicted octanol–water partition coefficient (Wildman–Crippen LogP) is 3.75. The van der Waals surface area contributed by atoms with Crippen molar-refractivity contribution in [3.8, 4) is 17.2 Å². The van der Waals surface area contributed by atoms with E-state index in [9.17, 15) is 9.59 Å². The van der Waals surface area contributed by atoms with Crippen LogP contribution in [0.1, 0.15) is 42.1 Å². The van der Waals surface area contributed by atoms with E-state index in [1.165, 1.54) is 0 Å². The van der Waals surface area contributed by atoms with Crippen LogP contribution in [0.15, 0.2) is 42.5 Å². The molecule has 30 heavy (non-hydrogen) atoms. The predicted molar refractivity (Wildman–Crippen MR) is 113 cm³/mol. The van der Waals surface area contributed by atoms with Gasteiger partial charge in [0.25, 0.3) is 5.91 Å². The topological polar surface area (TPSA) is 83.1 Å². The molecule has 0 aliphatic heterocycles. The molecule has 1 N–H and O–H groups in total. The SMILES string of the molecule is CCCCCOc1ccc(C(=O)OCC(=O)NCc2ccc(OC)c(OC)c2)cc1. The van der Waals surface area contributed by atoms with Gasteiger partial charge in [-0.1, -0.05) is 25.8 Å². The molecule has 2 rings (SSSR count). The Labute approximate surface area is 177 Å². The summed E-state index contributed by atoms with van der Waals surface area (Å²) in [6.07, 6.45) is 3.26. The van der Waals surface area contributed by atoms with Gasteiger partial charge < -0.3 is 24.3 Å². The molecule has 0 radical (unpaired) electrons. The molecule has 0 saturated heterocycles. The summed E-state index contributed by atoms with van der Waals surface area (Å²) in [5.74, 6) is 0.936. The van der Waals surface area contributed by atoms with Crippen LogP contribution in [0.5, 0.6) is 17.2 Å². The highest BCUT2D eigenvalue weighted by molar-refractivity contribution is 5.91. The van der Waals surface area contributed by atoms with Crippen LogP contribution in [0.3, 0.4) is 0 Å². The van der Waals surface area contributed by atoms with Gasteiger partial charge in [-0.3, -0.25) is 4.79 Å². The summed E-state index contributed by atoms with van der Waals surface area (Å²) >= 11 is 0. The summed E-state index contributed by atoms with van der Waals surface area (Å²) in [7, 11) is 3.10. The molecule has 0 aliphatic rings. The molecule has 0 aromatic heterocycles. The summed E-state index contributed by atoms with van der Waals surface area (Å²) in [6.45, 7) is 2.71. The lowest BCUT2D eigenvalue weighted by atomic mass is 10.2. The first-order chi connectivity index (χ1) is 14.6. The Balaban J connectivity index is 1.75. The highest BCUT2D eigenvalue weighted by Gasteiger charge is 2.11. The molecule has 0 unspecified atom stereocenters. The van der Waals surface area contributed by atoms with Crippen LogP contribution in [0.4, 0.5) is 0 Å². The minimum absolute atomic E-state index is 0.279. The van der Waals surface area contributed by atoms with E-state index in [2.05, 4.69) is 12.2 Å². The summed E-state index contributed by atoms with van der Waals surface area (Å²) in [6, 6.07) is 12.0. The van der Waals surface area contributed by atoms with Crippen LogP contribution in [0.25, 0.3) is 0 Å². The van der Waals surface area contributed by atoms with Crippen LogP contribution in [0, 0.1) is 0 Å². The Kier molecular flexibility index (Phi) is 9.51. The first kappa shape index (κ1) is 23.1. The molecule has 2 aromatic rings. The molecule has 1 amide bonds. The van der Waals surface area contributed by atoms with Gasteiger partial charge >= 0.3 is 5.97 Å². The van der Waals surface area contributed by atoms with E-state index in [0.29, 0.717) is 29.4 Å². The van der Waals surface area contributed by atoms with Crippen molar-refractivity contribution in [1.29, 1.82) is 0 Å². The number of unbranched alkanes of at least 4 members (excludes halogenated alkanes) is 2. The summed E-state index contributed by atoms with van der Waals surface area (Å²) in [5.41, 5.74) is 1.20. The lowest BCUT2D eigenvalue weighted by molar-refractivity contribution is -0.124. The number of benzene rings is 2. The first-order valence-corrected chi connectivity index (χ1v) is 9.95. The highest BCUT2D eigenvalue weighted by Crippen LogP contribution is 2.27. The van der Waals surface area contributed by atoms with E-state index in [-0.39, 0.29) is 13.2 Å². The van der Waals surface area contributed by atoms with Crippen molar-refractivity contribution in [2.24, 2.45) is 0 Å². The molecule has 7 heteroatoms. The summed E-state index contributed by atoms with van der Waals surface area (Å²) < 4.78 is 21.1. The molecular formula is C23H29NO6. The van der Waals surface area contributed by atoms with E-state index < -0.39 is 11.9 Å². The van der Waals surface area contributed by atoms with Crippen LogP contribution in [0.2, 0.25) is 0 Å². The molecule has 0 saturated carbocycles. The largest absolute Gasteiger partial charge is 0.494 e. The van der Waals surface area contributed by atoms with Gasteiger partial charge in [-0.25, -0.2) is 4.79 Å². The molecule has 162 valence electrons. The second-order valence-electron chi connectivity index (χ2n) is 6.62. The maximum Gasteiger partial charge on any atom is 0.338 e. The maximum absolute atomic E-state index is 12.1. The van der Waals surface area contributed by atoms with Crippen LogP contribution >= 0.6 is 0 Å². The number of hydrogen-bond donors (Lipinski definition) is 1.